The van der Waals surface area contributed by atoms with E-state index in [-0.39, 0.29) is 0 Å². The smallest absolute Gasteiger partial charge is 0.131 e. The first-order valence-corrected chi connectivity index (χ1v) is 4.88. The largest absolute Gasteiger partial charge is 0.364 e. The first-order chi connectivity index (χ1) is 6.81. The average molecular weight is 208 g/mol. The Hall–Kier alpha value is -1.28. The van der Waals surface area contributed by atoms with Gasteiger partial charge in [0, 0.05) is 10.6 Å². The van der Waals surface area contributed by atoms with Crippen LogP contribution >= 0.6 is 11.6 Å². The maximum atomic E-state index is 5.81. The van der Waals surface area contributed by atoms with Gasteiger partial charge in [-0.3, -0.25) is 0 Å². The molecule has 0 unspecified atom stereocenters. The Bertz CT molecular complexity index is 419. The van der Waals surface area contributed by atoms with E-state index < -0.39 is 0 Å². The Morgan fingerprint density at radius 1 is 1.29 bits per heavy atom. The molecule has 72 valence electrons. The highest BCUT2D eigenvalue weighted by molar-refractivity contribution is 6.30. The van der Waals surface area contributed by atoms with Gasteiger partial charge in [-0.1, -0.05) is 35.8 Å². The molecule has 0 atom stereocenters. The van der Waals surface area contributed by atoms with Gasteiger partial charge in [0.15, 0.2) is 0 Å². The van der Waals surface area contributed by atoms with E-state index in [4.69, 9.17) is 16.1 Å². The monoisotopic (exact) mass is 207 g/mol. The second-order valence-electron chi connectivity index (χ2n) is 3.04. The van der Waals surface area contributed by atoms with Crippen molar-refractivity contribution in [3.8, 4) is 11.1 Å². The molecule has 0 spiro atoms. The molecule has 0 aliphatic heterocycles. The predicted octanol–water partition coefficient (Wildman–Crippen LogP) is 3.56. The minimum absolute atomic E-state index is 0.739. The van der Waals surface area contributed by atoms with Gasteiger partial charge in [0.2, 0.25) is 0 Å². The summed E-state index contributed by atoms with van der Waals surface area (Å²) in [6.45, 7) is 2.05. The summed E-state index contributed by atoms with van der Waals surface area (Å²) in [5.41, 5.74) is 3.11. The number of benzene rings is 1. The summed E-state index contributed by atoms with van der Waals surface area (Å²) in [6.07, 6.45) is 2.54. The highest BCUT2D eigenvalue weighted by atomic mass is 35.5. The van der Waals surface area contributed by atoms with Crippen molar-refractivity contribution in [2.75, 3.05) is 0 Å². The summed E-state index contributed by atoms with van der Waals surface area (Å²) < 4.78 is 4.94. The normalized spacial score (nSPS) is 10.4. The number of nitrogens with zero attached hydrogens (tertiary/aromatic N) is 1. The van der Waals surface area contributed by atoms with Gasteiger partial charge in [-0.15, -0.1) is 0 Å². The minimum atomic E-state index is 0.739. The number of hydrogen-bond donors (Lipinski definition) is 0. The summed E-state index contributed by atoms with van der Waals surface area (Å²) >= 11 is 5.81. The van der Waals surface area contributed by atoms with E-state index in [0.29, 0.717) is 0 Å². The van der Waals surface area contributed by atoms with Crippen molar-refractivity contribution in [3.63, 3.8) is 0 Å². The lowest BCUT2D eigenvalue weighted by Gasteiger charge is -1.98. The van der Waals surface area contributed by atoms with E-state index >= 15 is 0 Å². The van der Waals surface area contributed by atoms with Crippen LogP contribution < -0.4 is 0 Å². The predicted molar refractivity (Wildman–Crippen MR) is 56.3 cm³/mol. The molecule has 0 amide bonds. The molecule has 1 heterocycles. The Kier molecular flexibility index (Phi) is 2.55. The third-order valence-corrected chi connectivity index (χ3v) is 2.39. The van der Waals surface area contributed by atoms with Crippen molar-refractivity contribution in [1.29, 1.82) is 0 Å². The molecule has 0 fully saturated rings. The molecule has 2 rings (SSSR count). The van der Waals surface area contributed by atoms with E-state index in [0.717, 1.165) is 28.3 Å². The summed E-state index contributed by atoms with van der Waals surface area (Å²) in [7, 11) is 0. The van der Waals surface area contributed by atoms with Gasteiger partial charge in [0.25, 0.3) is 0 Å². The molecule has 2 nitrogen and oxygen atoms in total. The van der Waals surface area contributed by atoms with E-state index in [9.17, 15) is 0 Å². The maximum absolute atomic E-state index is 5.81. The van der Waals surface area contributed by atoms with Crippen LogP contribution in [0.25, 0.3) is 11.1 Å². The molecule has 1 aromatic carbocycles. The first-order valence-electron chi connectivity index (χ1n) is 4.50. The maximum Gasteiger partial charge on any atom is 0.131 e. The van der Waals surface area contributed by atoms with Crippen LogP contribution in [0, 0.1) is 0 Å². The molecule has 2 aromatic rings. The average Bonchev–Trinajstić information content (AvgIpc) is 2.67. The SMILES string of the molecule is CCc1nocc1-c1ccc(Cl)cc1. The van der Waals surface area contributed by atoms with Crippen LogP contribution in [-0.2, 0) is 6.42 Å². The van der Waals surface area contributed by atoms with Crippen LogP contribution in [0.1, 0.15) is 12.6 Å². The molecule has 0 N–H and O–H groups in total. The van der Waals surface area contributed by atoms with E-state index in [1.54, 1.807) is 6.26 Å². The third-order valence-electron chi connectivity index (χ3n) is 2.13. The lowest BCUT2D eigenvalue weighted by atomic mass is 10.1. The number of halogens is 1. The fourth-order valence-corrected chi connectivity index (χ4v) is 1.50. The third kappa shape index (κ3) is 1.66. The van der Waals surface area contributed by atoms with E-state index in [1.165, 1.54) is 0 Å². The Balaban J connectivity index is 2.44. The minimum Gasteiger partial charge on any atom is -0.364 e. The number of hydrogen-bond acceptors (Lipinski definition) is 2. The van der Waals surface area contributed by atoms with Crippen molar-refractivity contribution >= 4 is 11.6 Å². The highest BCUT2D eigenvalue weighted by Gasteiger charge is 2.07. The van der Waals surface area contributed by atoms with Crippen LogP contribution in [0.3, 0.4) is 0 Å². The topological polar surface area (TPSA) is 26.0 Å². The second-order valence-corrected chi connectivity index (χ2v) is 3.47. The Morgan fingerprint density at radius 2 is 2.00 bits per heavy atom. The van der Waals surface area contributed by atoms with Crippen LogP contribution in [-0.4, -0.2) is 5.16 Å². The number of aromatic nitrogens is 1. The molecule has 0 aliphatic rings. The van der Waals surface area contributed by atoms with Crippen LogP contribution in [0.4, 0.5) is 0 Å². The molecule has 14 heavy (non-hydrogen) atoms. The van der Waals surface area contributed by atoms with Crippen molar-refractivity contribution in [3.05, 3.63) is 41.2 Å². The standard InChI is InChI=1S/C11H10ClNO/c1-2-11-10(7-14-13-11)8-3-5-9(12)6-4-8/h3-7H,2H2,1H3. The zero-order valence-corrected chi connectivity index (χ0v) is 8.58. The lowest BCUT2D eigenvalue weighted by Crippen LogP contribution is -1.83. The summed E-state index contributed by atoms with van der Waals surface area (Å²) in [5, 5.41) is 4.66. The van der Waals surface area contributed by atoms with Crippen molar-refractivity contribution in [2.45, 2.75) is 13.3 Å². The van der Waals surface area contributed by atoms with Crippen molar-refractivity contribution < 1.29 is 4.52 Å². The summed E-state index contributed by atoms with van der Waals surface area (Å²) in [4.78, 5) is 0. The van der Waals surface area contributed by atoms with Gasteiger partial charge < -0.3 is 4.52 Å². The van der Waals surface area contributed by atoms with Crippen LogP contribution in [0.15, 0.2) is 35.1 Å². The quantitative estimate of drug-likeness (QED) is 0.753. The van der Waals surface area contributed by atoms with Crippen molar-refractivity contribution in [2.24, 2.45) is 0 Å². The van der Waals surface area contributed by atoms with Gasteiger partial charge in [0.05, 0.1) is 5.69 Å². The van der Waals surface area contributed by atoms with Gasteiger partial charge >= 0.3 is 0 Å². The number of rotatable bonds is 2. The zero-order valence-electron chi connectivity index (χ0n) is 7.83. The van der Waals surface area contributed by atoms with Gasteiger partial charge in [-0.2, -0.15) is 0 Å². The summed E-state index contributed by atoms with van der Waals surface area (Å²) in [5.74, 6) is 0. The second kappa shape index (κ2) is 3.84. The molecule has 3 heteroatoms. The van der Waals surface area contributed by atoms with Crippen LogP contribution in [0.2, 0.25) is 5.02 Å². The zero-order chi connectivity index (χ0) is 9.97. The molecule has 0 saturated carbocycles. The van der Waals surface area contributed by atoms with Gasteiger partial charge in [-0.25, -0.2) is 0 Å². The molecule has 0 bridgehead atoms. The fraction of sp³-hybridized carbons (Fsp3) is 0.182. The molecule has 0 saturated heterocycles. The molecule has 0 aliphatic carbocycles. The highest BCUT2D eigenvalue weighted by Crippen LogP contribution is 2.24. The lowest BCUT2D eigenvalue weighted by molar-refractivity contribution is 0.412. The van der Waals surface area contributed by atoms with E-state index in [2.05, 4.69) is 12.1 Å². The van der Waals surface area contributed by atoms with Gasteiger partial charge in [-0.05, 0) is 24.1 Å². The van der Waals surface area contributed by atoms with Crippen molar-refractivity contribution in [1.82, 2.24) is 5.16 Å². The van der Waals surface area contributed by atoms with Gasteiger partial charge in [0.1, 0.15) is 6.26 Å². The first kappa shape index (κ1) is 9.28. The summed E-state index contributed by atoms with van der Waals surface area (Å²) in [6, 6.07) is 7.66. The molecule has 0 radical (unpaired) electrons. The molecular formula is C11H10ClNO. The molecule has 1 aromatic heterocycles. The van der Waals surface area contributed by atoms with E-state index in [1.807, 2.05) is 24.3 Å². The fourth-order valence-electron chi connectivity index (χ4n) is 1.38. The van der Waals surface area contributed by atoms with Crippen LogP contribution in [0.5, 0.6) is 0 Å². The number of aryl methyl sites for hydroxylation is 1. The Morgan fingerprint density at radius 3 is 2.64 bits per heavy atom. The Labute approximate surface area is 87.5 Å². The molecular weight excluding hydrogens is 198 g/mol.